The first-order valence-corrected chi connectivity index (χ1v) is 10.3. The molecule has 1 aromatic carbocycles. The zero-order valence-electron chi connectivity index (χ0n) is 14.4. The molecule has 1 amide bonds. The van der Waals surface area contributed by atoms with Crippen LogP contribution in [0.25, 0.3) is 0 Å². The van der Waals surface area contributed by atoms with Gasteiger partial charge in [-0.2, -0.15) is 11.8 Å². The lowest BCUT2D eigenvalue weighted by molar-refractivity contribution is -0.135. The van der Waals surface area contributed by atoms with E-state index in [-0.39, 0.29) is 12.5 Å². The number of carbonyl (C=O) groups is 1. The first-order valence-electron chi connectivity index (χ1n) is 9.10. The third-order valence-electron chi connectivity index (χ3n) is 4.78. The average molecular weight is 349 g/mol. The van der Waals surface area contributed by atoms with Gasteiger partial charge in [0.15, 0.2) is 6.61 Å². The van der Waals surface area contributed by atoms with E-state index < -0.39 is 0 Å². The molecule has 5 heteroatoms. The van der Waals surface area contributed by atoms with Crippen molar-refractivity contribution in [2.24, 2.45) is 0 Å². The minimum absolute atomic E-state index is 0.128. The fourth-order valence-corrected chi connectivity index (χ4v) is 4.55. The van der Waals surface area contributed by atoms with Gasteiger partial charge >= 0.3 is 0 Å². The second-order valence-electron chi connectivity index (χ2n) is 6.63. The molecule has 1 atom stereocenters. The molecule has 4 nitrogen and oxygen atoms in total. The highest BCUT2D eigenvalue weighted by Crippen LogP contribution is 2.20. The van der Waals surface area contributed by atoms with E-state index in [9.17, 15) is 4.79 Å². The molecular formula is C19H28N2O2S. The molecular weight excluding hydrogens is 320 g/mol. The van der Waals surface area contributed by atoms with Crippen molar-refractivity contribution in [1.29, 1.82) is 0 Å². The fourth-order valence-electron chi connectivity index (χ4n) is 3.49. The number of ether oxygens (including phenoxy) is 1. The molecule has 0 spiro atoms. The largest absolute Gasteiger partial charge is 0.484 e. The molecule has 2 saturated heterocycles. The minimum Gasteiger partial charge on any atom is -0.484 e. The first kappa shape index (κ1) is 17.6. The van der Waals surface area contributed by atoms with Gasteiger partial charge in [-0.25, -0.2) is 0 Å². The number of thioether (sulfide) groups is 1. The van der Waals surface area contributed by atoms with Crippen LogP contribution in [0.15, 0.2) is 30.3 Å². The van der Waals surface area contributed by atoms with Crippen molar-refractivity contribution in [3.63, 3.8) is 0 Å². The van der Waals surface area contributed by atoms with Gasteiger partial charge in [0.25, 0.3) is 5.91 Å². The van der Waals surface area contributed by atoms with Crippen LogP contribution in [0.3, 0.4) is 0 Å². The monoisotopic (exact) mass is 348 g/mol. The average Bonchev–Trinajstić information content (AvgIpc) is 2.87. The molecule has 3 rings (SSSR count). The third kappa shape index (κ3) is 5.15. The molecule has 2 fully saturated rings. The Morgan fingerprint density at radius 2 is 1.88 bits per heavy atom. The molecule has 1 aromatic rings. The molecule has 0 radical (unpaired) electrons. The van der Waals surface area contributed by atoms with Crippen molar-refractivity contribution >= 4 is 17.7 Å². The number of rotatable bonds is 5. The maximum Gasteiger partial charge on any atom is 0.260 e. The Morgan fingerprint density at radius 1 is 1.08 bits per heavy atom. The Hall–Kier alpha value is -1.20. The minimum atomic E-state index is 0.128. The molecule has 0 bridgehead atoms. The highest BCUT2D eigenvalue weighted by atomic mass is 32.2. The normalized spacial score (nSPS) is 22.8. The van der Waals surface area contributed by atoms with Gasteiger partial charge in [0.05, 0.1) is 6.04 Å². The number of hydrogen-bond acceptors (Lipinski definition) is 4. The molecule has 0 saturated carbocycles. The number of likely N-dealkylation sites (tertiary alicyclic amines) is 1. The summed E-state index contributed by atoms with van der Waals surface area (Å²) in [4.78, 5) is 17.4. The van der Waals surface area contributed by atoms with Crippen molar-refractivity contribution in [3.05, 3.63) is 30.3 Å². The molecule has 132 valence electrons. The second kappa shape index (κ2) is 9.33. The van der Waals surface area contributed by atoms with Gasteiger partial charge in [0, 0.05) is 18.8 Å². The maximum absolute atomic E-state index is 12.7. The summed E-state index contributed by atoms with van der Waals surface area (Å²) in [5, 5.41) is 0. The van der Waals surface area contributed by atoms with Gasteiger partial charge in [-0.3, -0.25) is 4.79 Å². The van der Waals surface area contributed by atoms with Crippen molar-refractivity contribution in [2.75, 3.05) is 44.3 Å². The molecule has 0 aliphatic carbocycles. The van der Waals surface area contributed by atoms with E-state index in [1.807, 2.05) is 42.1 Å². The summed E-state index contributed by atoms with van der Waals surface area (Å²) in [7, 11) is 0. The van der Waals surface area contributed by atoms with Gasteiger partial charge in [-0.15, -0.1) is 0 Å². The van der Waals surface area contributed by atoms with Gasteiger partial charge in [0.1, 0.15) is 5.75 Å². The molecule has 2 heterocycles. The van der Waals surface area contributed by atoms with E-state index in [0.29, 0.717) is 6.04 Å². The number of carbonyl (C=O) groups excluding carboxylic acids is 1. The number of nitrogens with zero attached hydrogens (tertiary/aromatic N) is 2. The van der Waals surface area contributed by atoms with Crippen molar-refractivity contribution < 1.29 is 9.53 Å². The van der Waals surface area contributed by atoms with Crippen LogP contribution >= 0.6 is 11.8 Å². The predicted octanol–water partition coefficient (Wildman–Crippen LogP) is 2.89. The molecule has 0 N–H and O–H groups in total. The molecule has 1 unspecified atom stereocenters. The number of para-hydroxylation sites is 1. The summed E-state index contributed by atoms with van der Waals surface area (Å²) in [6, 6.07) is 9.94. The molecule has 24 heavy (non-hydrogen) atoms. The Morgan fingerprint density at radius 3 is 2.67 bits per heavy atom. The lowest BCUT2D eigenvalue weighted by atomic mass is 10.1. The molecule has 0 aromatic heterocycles. The number of amides is 1. The Labute approximate surface area is 149 Å². The van der Waals surface area contributed by atoms with Gasteiger partial charge in [-0.1, -0.05) is 24.6 Å². The zero-order valence-corrected chi connectivity index (χ0v) is 15.2. The van der Waals surface area contributed by atoms with Gasteiger partial charge in [-0.05, 0) is 50.2 Å². The standard InChI is InChI=1S/C19H28N2O2S/c22-19(15-23-18-8-3-1-4-9-18)21-12-7-13-24-16-17(21)14-20-10-5-2-6-11-20/h1,3-4,8-9,17H,2,5-7,10-16H2. The lowest BCUT2D eigenvalue weighted by Gasteiger charge is -2.35. The Kier molecular flexibility index (Phi) is 6.85. The summed E-state index contributed by atoms with van der Waals surface area (Å²) in [6.45, 7) is 4.39. The third-order valence-corrected chi connectivity index (χ3v) is 5.98. The zero-order chi connectivity index (χ0) is 16.6. The van der Waals surface area contributed by atoms with E-state index in [0.717, 1.165) is 36.8 Å². The maximum atomic E-state index is 12.7. The SMILES string of the molecule is O=C(COc1ccccc1)N1CCCSCC1CN1CCCCC1. The molecule has 2 aliphatic heterocycles. The van der Waals surface area contributed by atoms with Gasteiger partial charge < -0.3 is 14.5 Å². The highest BCUT2D eigenvalue weighted by Gasteiger charge is 2.28. The topological polar surface area (TPSA) is 32.8 Å². The van der Waals surface area contributed by atoms with Crippen LogP contribution in [0.1, 0.15) is 25.7 Å². The first-order chi connectivity index (χ1) is 11.8. The smallest absolute Gasteiger partial charge is 0.260 e. The summed E-state index contributed by atoms with van der Waals surface area (Å²) < 4.78 is 5.69. The number of benzene rings is 1. The van der Waals surface area contributed by atoms with Crippen molar-refractivity contribution in [1.82, 2.24) is 9.80 Å². The highest BCUT2D eigenvalue weighted by molar-refractivity contribution is 7.99. The fraction of sp³-hybridized carbons (Fsp3) is 0.632. The van der Waals surface area contributed by atoms with Crippen molar-refractivity contribution in [3.8, 4) is 5.75 Å². The summed E-state index contributed by atoms with van der Waals surface area (Å²) in [5.74, 6) is 3.10. The van der Waals surface area contributed by atoms with Crippen LogP contribution in [0.2, 0.25) is 0 Å². The van der Waals surface area contributed by atoms with Crippen molar-refractivity contribution in [2.45, 2.75) is 31.7 Å². The van der Waals surface area contributed by atoms with Crippen LogP contribution in [0, 0.1) is 0 Å². The summed E-state index contributed by atoms with van der Waals surface area (Å²) in [6.07, 6.45) is 5.03. The van der Waals surface area contributed by atoms with E-state index in [1.165, 1.54) is 32.4 Å². The number of hydrogen-bond donors (Lipinski definition) is 0. The molecule has 2 aliphatic rings. The van der Waals surface area contributed by atoms with E-state index >= 15 is 0 Å². The quantitative estimate of drug-likeness (QED) is 0.819. The Balaban J connectivity index is 1.57. The Bertz CT molecular complexity index is 505. The van der Waals surface area contributed by atoms with Crippen LogP contribution in [-0.2, 0) is 4.79 Å². The van der Waals surface area contributed by atoms with Crippen LogP contribution in [0.5, 0.6) is 5.75 Å². The van der Waals surface area contributed by atoms with Gasteiger partial charge in [0.2, 0.25) is 0 Å². The predicted molar refractivity (Wildman–Crippen MR) is 99.7 cm³/mol. The lowest BCUT2D eigenvalue weighted by Crippen LogP contribution is -2.50. The van der Waals surface area contributed by atoms with E-state index in [1.54, 1.807) is 0 Å². The number of piperidine rings is 1. The van der Waals surface area contributed by atoms with E-state index in [2.05, 4.69) is 9.80 Å². The van der Waals surface area contributed by atoms with Crippen LogP contribution < -0.4 is 4.74 Å². The van der Waals surface area contributed by atoms with Crippen LogP contribution in [0.4, 0.5) is 0 Å². The summed E-state index contributed by atoms with van der Waals surface area (Å²) in [5.41, 5.74) is 0. The van der Waals surface area contributed by atoms with Crippen LogP contribution in [-0.4, -0.2) is 66.0 Å². The summed E-state index contributed by atoms with van der Waals surface area (Å²) >= 11 is 1.99. The second-order valence-corrected chi connectivity index (χ2v) is 7.78. The van der Waals surface area contributed by atoms with E-state index in [4.69, 9.17) is 4.74 Å².